The average molecular weight is 349 g/mol. The maximum atomic E-state index is 13.6. The molecule has 5 nitrogen and oxygen atoms in total. The third-order valence-corrected chi connectivity index (χ3v) is 3.62. The molecule has 2 aromatic rings. The number of esters is 1. The lowest BCUT2D eigenvalue weighted by atomic mass is 10.0. The van der Waals surface area contributed by atoms with Gasteiger partial charge in [-0.05, 0) is 44.2 Å². The highest BCUT2D eigenvalue weighted by Crippen LogP contribution is 2.16. The van der Waals surface area contributed by atoms with Crippen molar-refractivity contribution in [2.24, 2.45) is 4.99 Å². The maximum Gasteiger partial charge on any atom is 0.311 e. The monoisotopic (exact) mass is 349 g/mol. The molecule has 0 unspecified atom stereocenters. The number of nitrogens with one attached hydrogen (secondary N) is 1. The van der Waals surface area contributed by atoms with Gasteiger partial charge < -0.3 is 4.74 Å². The predicted octanol–water partition coefficient (Wildman–Crippen LogP) is 4.13. The van der Waals surface area contributed by atoms with E-state index >= 15 is 0 Å². The van der Waals surface area contributed by atoms with Crippen molar-refractivity contribution < 1.29 is 18.3 Å². The molecule has 134 valence electrons. The smallest absolute Gasteiger partial charge is 0.311 e. The molecular formula is C18H21F2N3O2. The van der Waals surface area contributed by atoms with E-state index in [9.17, 15) is 13.6 Å². The molecule has 7 heteroatoms. The highest BCUT2D eigenvalue weighted by molar-refractivity contribution is 6.00. The van der Waals surface area contributed by atoms with Crippen molar-refractivity contribution in [2.75, 3.05) is 6.61 Å². The number of carbonyl (C=O) groups is 1. The molecule has 0 radical (unpaired) electrons. The van der Waals surface area contributed by atoms with Crippen molar-refractivity contribution in [3.8, 4) is 0 Å². The van der Waals surface area contributed by atoms with Gasteiger partial charge >= 0.3 is 5.97 Å². The van der Waals surface area contributed by atoms with E-state index in [0.717, 1.165) is 6.07 Å². The number of hydrogen-bond acceptors (Lipinski definition) is 4. The number of hydrogen-bond donors (Lipinski definition) is 1. The number of aromatic amines is 1. The van der Waals surface area contributed by atoms with Gasteiger partial charge in [0.05, 0.1) is 19.2 Å². The van der Waals surface area contributed by atoms with Crippen molar-refractivity contribution in [2.45, 2.75) is 39.0 Å². The summed E-state index contributed by atoms with van der Waals surface area (Å²) >= 11 is 0. The molecule has 1 N–H and O–H groups in total. The lowest BCUT2D eigenvalue weighted by molar-refractivity contribution is -0.141. The summed E-state index contributed by atoms with van der Waals surface area (Å²) in [5, 5.41) is 6.48. The molecule has 0 saturated carbocycles. The number of aryl methyl sites for hydroxylation is 1. The fourth-order valence-electron chi connectivity index (χ4n) is 2.44. The highest BCUT2D eigenvalue weighted by atomic mass is 19.2. The maximum absolute atomic E-state index is 13.6. The van der Waals surface area contributed by atoms with Gasteiger partial charge in [0, 0.05) is 11.9 Å². The van der Waals surface area contributed by atoms with Crippen LogP contribution in [0.4, 0.5) is 14.5 Å². The Bertz CT molecular complexity index is 715. The Labute approximate surface area is 145 Å². The van der Waals surface area contributed by atoms with Crippen LogP contribution >= 0.6 is 0 Å². The largest absolute Gasteiger partial charge is 0.466 e. The molecule has 0 spiro atoms. The third kappa shape index (κ3) is 6.10. The minimum Gasteiger partial charge on any atom is -0.466 e. The topological polar surface area (TPSA) is 67.3 Å². The van der Waals surface area contributed by atoms with Crippen LogP contribution in [0.5, 0.6) is 0 Å². The van der Waals surface area contributed by atoms with Gasteiger partial charge in [-0.1, -0.05) is 12.1 Å². The molecule has 0 bridgehead atoms. The van der Waals surface area contributed by atoms with Gasteiger partial charge in [-0.15, -0.1) is 0 Å². The minimum absolute atomic E-state index is 0.105. The average Bonchev–Trinajstić information content (AvgIpc) is 3.08. The number of rotatable bonds is 9. The van der Waals surface area contributed by atoms with Gasteiger partial charge in [0.25, 0.3) is 0 Å². The van der Waals surface area contributed by atoms with Crippen molar-refractivity contribution in [1.29, 1.82) is 0 Å². The van der Waals surface area contributed by atoms with E-state index in [1.807, 2.05) is 0 Å². The first-order chi connectivity index (χ1) is 12.1. The van der Waals surface area contributed by atoms with E-state index in [4.69, 9.17) is 4.74 Å². The van der Waals surface area contributed by atoms with Crippen LogP contribution in [0.3, 0.4) is 0 Å². The Morgan fingerprint density at radius 1 is 1.32 bits per heavy atom. The van der Waals surface area contributed by atoms with Gasteiger partial charge in [-0.2, -0.15) is 5.10 Å². The van der Waals surface area contributed by atoms with Crippen molar-refractivity contribution >= 4 is 17.4 Å². The van der Waals surface area contributed by atoms with Gasteiger partial charge in [0.15, 0.2) is 11.6 Å². The molecule has 0 amide bonds. The van der Waals surface area contributed by atoms with Gasteiger partial charge in [-0.3, -0.25) is 14.9 Å². The molecule has 1 aromatic heterocycles. The van der Waals surface area contributed by atoms with Crippen LogP contribution in [0, 0.1) is 11.6 Å². The fourth-order valence-corrected chi connectivity index (χ4v) is 2.44. The molecule has 0 aliphatic rings. The Kier molecular flexibility index (Phi) is 7.25. The SMILES string of the molecule is CCOC(=O)CC(CCCCc1cccc(F)c1F)=Nc1cn[nH]c1. The van der Waals surface area contributed by atoms with E-state index < -0.39 is 11.6 Å². The molecular weight excluding hydrogens is 328 g/mol. The Hall–Kier alpha value is -2.57. The molecule has 25 heavy (non-hydrogen) atoms. The lowest BCUT2D eigenvalue weighted by Gasteiger charge is -2.07. The van der Waals surface area contributed by atoms with E-state index in [2.05, 4.69) is 15.2 Å². The Morgan fingerprint density at radius 2 is 2.16 bits per heavy atom. The third-order valence-electron chi connectivity index (χ3n) is 3.62. The summed E-state index contributed by atoms with van der Waals surface area (Å²) < 4.78 is 31.8. The number of halogens is 2. The van der Waals surface area contributed by atoms with E-state index in [0.29, 0.717) is 49.3 Å². The predicted molar refractivity (Wildman–Crippen MR) is 90.8 cm³/mol. The first kappa shape index (κ1) is 18.8. The van der Waals surface area contributed by atoms with Crippen LogP contribution in [-0.4, -0.2) is 28.5 Å². The van der Waals surface area contributed by atoms with Gasteiger partial charge in [0.2, 0.25) is 0 Å². The van der Waals surface area contributed by atoms with E-state index in [-0.39, 0.29) is 12.4 Å². The van der Waals surface area contributed by atoms with Crippen molar-refractivity contribution in [3.63, 3.8) is 0 Å². The normalized spacial score (nSPS) is 11.6. The number of aliphatic imine (C=N–C) groups is 1. The molecule has 1 aromatic carbocycles. The minimum atomic E-state index is -0.831. The Balaban J connectivity index is 1.90. The van der Waals surface area contributed by atoms with E-state index in [1.54, 1.807) is 25.4 Å². The number of benzene rings is 1. The van der Waals surface area contributed by atoms with E-state index in [1.165, 1.54) is 6.07 Å². The second-order valence-electron chi connectivity index (χ2n) is 5.54. The number of aromatic nitrogens is 2. The molecule has 2 rings (SSSR count). The highest BCUT2D eigenvalue weighted by Gasteiger charge is 2.11. The second kappa shape index (κ2) is 9.66. The van der Waals surface area contributed by atoms with Gasteiger partial charge in [0.1, 0.15) is 5.69 Å². The summed E-state index contributed by atoms with van der Waals surface area (Å²) in [6.07, 6.45) is 5.66. The number of ether oxygens (including phenoxy) is 1. The summed E-state index contributed by atoms with van der Waals surface area (Å²) in [4.78, 5) is 16.1. The van der Waals surface area contributed by atoms with Crippen LogP contribution < -0.4 is 0 Å². The van der Waals surface area contributed by atoms with Crippen LogP contribution in [0.1, 0.15) is 38.2 Å². The zero-order valence-electron chi connectivity index (χ0n) is 14.1. The summed E-state index contributed by atoms with van der Waals surface area (Å²) in [6, 6.07) is 4.19. The first-order valence-electron chi connectivity index (χ1n) is 8.24. The summed E-state index contributed by atoms with van der Waals surface area (Å²) in [5.41, 5.74) is 1.67. The number of nitrogens with zero attached hydrogens (tertiary/aromatic N) is 2. The van der Waals surface area contributed by atoms with Crippen LogP contribution in [0.25, 0.3) is 0 Å². The van der Waals surface area contributed by atoms with Crippen molar-refractivity contribution in [1.82, 2.24) is 10.2 Å². The van der Waals surface area contributed by atoms with Gasteiger partial charge in [-0.25, -0.2) is 8.78 Å². The summed E-state index contributed by atoms with van der Waals surface area (Å²) in [6.45, 7) is 2.06. The summed E-state index contributed by atoms with van der Waals surface area (Å²) in [7, 11) is 0. The molecule has 0 aliphatic carbocycles. The molecule has 0 fully saturated rings. The number of H-pyrrole nitrogens is 1. The zero-order valence-corrected chi connectivity index (χ0v) is 14.1. The number of unbranched alkanes of at least 4 members (excludes halogenated alkanes) is 1. The zero-order chi connectivity index (χ0) is 18.1. The lowest BCUT2D eigenvalue weighted by Crippen LogP contribution is -2.11. The summed E-state index contributed by atoms with van der Waals surface area (Å²) in [5.74, 6) is -1.95. The Morgan fingerprint density at radius 3 is 2.88 bits per heavy atom. The van der Waals surface area contributed by atoms with Crippen LogP contribution in [0.15, 0.2) is 35.6 Å². The standard InChI is InChI=1S/C18H21F2N3O2/c1-2-25-17(24)10-14(23-15-11-21-22-12-15)8-4-3-6-13-7-5-9-16(19)18(13)20/h5,7,9,11-12H,2-4,6,8,10H2,1H3,(H,21,22). The molecule has 1 heterocycles. The molecule has 0 atom stereocenters. The van der Waals surface area contributed by atoms with Crippen molar-refractivity contribution in [3.05, 3.63) is 47.8 Å². The fraction of sp³-hybridized carbons (Fsp3) is 0.389. The molecule has 0 aliphatic heterocycles. The number of carbonyl (C=O) groups excluding carboxylic acids is 1. The van der Waals surface area contributed by atoms with Crippen LogP contribution in [0.2, 0.25) is 0 Å². The van der Waals surface area contributed by atoms with Crippen LogP contribution in [-0.2, 0) is 16.0 Å². The molecule has 0 saturated heterocycles. The second-order valence-corrected chi connectivity index (χ2v) is 5.54. The first-order valence-corrected chi connectivity index (χ1v) is 8.24. The quantitative estimate of drug-likeness (QED) is 0.420.